The fourth-order valence-corrected chi connectivity index (χ4v) is 2.39. The van der Waals surface area contributed by atoms with E-state index in [4.69, 9.17) is 4.74 Å². The van der Waals surface area contributed by atoms with Gasteiger partial charge < -0.3 is 10.1 Å². The van der Waals surface area contributed by atoms with Crippen molar-refractivity contribution in [3.8, 4) is 5.75 Å². The maximum Gasteiger partial charge on any atom is 0.275 e. The van der Waals surface area contributed by atoms with Crippen LogP contribution in [0.25, 0.3) is 0 Å². The third-order valence-electron chi connectivity index (χ3n) is 3.12. The van der Waals surface area contributed by atoms with Crippen molar-refractivity contribution in [2.75, 3.05) is 12.4 Å². The molecule has 0 aliphatic rings. The van der Waals surface area contributed by atoms with Crippen molar-refractivity contribution in [2.45, 2.75) is 13.5 Å². The highest BCUT2D eigenvalue weighted by molar-refractivity contribution is 9.10. The van der Waals surface area contributed by atoms with Crippen LogP contribution < -0.4 is 10.1 Å². The molecule has 0 aliphatic heterocycles. The van der Waals surface area contributed by atoms with Crippen LogP contribution in [0, 0.1) is 17.0 Å². The molecule has 0 heterocycles. The lowest BCUT2D eigenvalue weighted by Crippen LogP contribution is -2.03. The summed E-state index contributed by atoms with van der Waals surface area (Å²) >= 11 is 3.25. The SMILES string of the molecule is COc1ccc(NCc2ccc(Br)cc2[N+](=O)[O-])cc1C. The molecule has 0 saturated carbocycles. The van der Waals surface area contributed by atoms with E-state index in [1.54, 1.807) is 19.2 Å². The minimum Gasteiger partial charge on any atom is -0.496 e. The summed E-state index contributed by atoms with van der Waals surface area (Å²) in [7, 11) is 1.63. The molecule has 21 heavy (non-hydrogen) atoms. The van der Waals surface area contributed by atoms with Crippen LogP contribution in [0.15, 0.2) is 40.9 Å². The van der Waals surface area contributed by atoms with Gasteiger partial charge in [0.25, 0.3) is 5.69 Å². The van der Waals surface area contributed by atoms with Gasteiger partial charge in [-0.05, 0) is 42.8 Å². The zero-order valence-electron chi connectivity index (χ0n) is 11.7. The van der Waals surface area contributed by atoms with Crippen LogP contribution in [0.3, 0.4) is 0 Å². The molecule has 2 rings (SSSR count). The molecule has 0 atom stereocenters. The molecular formula is C15H15BrN2O3. The van der Waals surface area contributed by atoms with E-state index in [0.717, 1.165) is 17.0 Å². The van der Waals surface area contributed by atoms with Crippen molar-refractivity contribution in [1.29, 1.82) is 0 Å². The molecule has 0 aliphatic carbocycles. The summed E-state index contributed by atoms with van der Waals surface area (Å²) in [5.74, 6) is 0.815. The Morgan fingerprint density at radius 2 is 2.05 bits per heavy atom. The van der Waals surface area contributed by atoms with E-state index >= 15 is 0 Å². The second-order valence-electron chi connectivity index (χ2n) is 4.57. The van der Waals surface area contributed by atoms with Crippen molar-refractivity contribution in [2.24, 2.45) is 0 Å². The summed E-state index contributed by atoms with van der Waals surface area (Å²) in [5, 5.41) is 14.3. The first-order valence-electron chi connectivity index (χ1n) is 6.32. The molecule has 5 nitrogen and oxygen atoms in total. The number of halogens is 1. The number of anilines is 1. The molecule has 0 aromatic heterocycles. The fraction of sp³-hybridized carbons (Fsp3) is 0.200. The summed E-state index contributed by atoms with van der Waals surface area (Å²) in [5.41, 5.74) is 2.64. The standard InChI is InChI=1S/C15H15BrN2O3/c1-10-7-13(5-6-15(10)21-2)17-9-11-3-4-12(16)8-14(11)18(19)20/h3-8,17H,9H2,1-2H3. The Kier molecular flexibility index (Phi) is 4.80. The molecule has 0 saturated heterocycles. The van der Waals surface area contributed by atoms with Gasteiger partial charge in [-0.25, -0.2) is 0 Å². The van der Waals surface area contributed by atoms with Gasteiger partial charge in [-0.2, -0.15) is 0 Å². The van der Waals surface area contributed by atoms with E-state index in [1.165, 1.54) is 6.07 Å². The van der Waals surface area contributed by atoms with E-state index in [0.29, 0.717) is 16.6 Å². The zero-order chi connectivity index (χ0) is 15.4. The van der Waals surface area contributed by atoms with E-state index in [1.807, 2.05) is 25.1 Å². The average Bonchev–Trinajstić information content (AvgIpc) is 2.46. The summed E-state index contributed by atoms with van der Waals surface area (Å²) in [4.78, 5) is 10.7. The number of nitrogens with zero attached hydrogens (tertiary/aromatic N) is 1. The predicted molar refractivity (Wildman–Crippen MR) is 85.9 cm³/mol. The minimum absolute atomic E-state index is 0.0992. The molecule has 1 N–H and O–H groups in total. The smallest absolute Gasteiger partial charge is 0.275 e. The number of nitro groups is 1. The highest BCUT2D eigenvalue weighted by Crippen LogP contribution is 2.26. The average molecular weight is 351 g/mol. The first-order valence-corrected chi connectivity index (χ1v) is 7.12. The Labute approximate surface area is 131 Å². The van der Waals surface area contributed by atoms with Crippen LogP contribution in [0.1, 0.15) is 11.1 Å². The maximum absolute atomic E-state index is 11.1. The van der Waals surface area contributed by atoms with Crippen molar-refractivity contribution < 1.29 is 9.66 Å². The molecule has 0 unspecified atom stereocenters. The molecular weight excluding hydrogens is 336 g/mol. The van der Waals surface area contributed by atoms with Crippen molar-refractivity contribution in [3.05, 3.63) is 62.1 Å². The Morgan fingerprint density at radius 3 is 2.67 bits per heavy atom. The van der Waals surface area contributed by atoms with Crippen LogP contribution in [0.2, 0.25) is 0 Å². The van der Waals surface area contributed by atoms with Crippen LogP contribution >= 0.6 is 15.9 Å². The van der Waals surface area contributed by atoms with Crippen LogP contribution in [0.4, 0.5) is 11.4 Å². The number of hydrogen-bond acceptors (Lipinski definition) is 4. The third-order valence-corrected chi connectivity index (χ3v) is 3.62. The second-order valence-corrected chi connectivity index (χ2v) is 5.48. The first-order chi connectivity index (χ1) is 10.0. The summed E-state index contributed by atoms with van der Waals surface area (Å²) in [6.45, 7) is 2.33. The van der Waals surface area contributed by atoms with Crippen LogP contribution in [-0.2, 0) is 6.54 Å². The number of hydrogen-bond donors (Lipinski definition) is 1. The number of aryl methyl sites for hydroxylation is 1. The lowest BCUT2D eigenvalue weighted by atomic mass is 10.1. The highest BCUT2D eigenvalue weighted by atomic mass is 79.9. The normalized spacial score (nSPS) is 10.2. The van der Waals surface area contributed by atoms with Gasteiger partial charge in [0.05, 0.1) is 12.0 Å². The van der Waals surface area contributed by atoms with Gasteiger partial charge in [0.2, 0.25) is 0 Å². The number of methoxy groups -OCH3 is 1. The largest absolute Gasteiger partial charge is 0.496 e. The molecule has 2 aromatic carbocycles. The Morgan fingerprint density at radius 1 is 1.29 bits per heavy atom. The molecule has 6 heteroatoms. The molecule has 0 amide bonds. The third kappa shape index (κ3) is 3.72. The van der Waals surface area contributed by atoms with Gasteiger partial charge in [0.1, 0.15) is 5.75 Å². The lowest BCUT2D eigenvalue weighted by Gasteiger charge is -2.10. The van der Waals surface area contributed by atoms with Crippen molar-refractivity contribution in [1.82, 2.24) is 0 Å². The van der Waals surface area contributed by atoms with E-state index in [2.05, 4.69) is 21.2 Å². The van der Waals surface area contributed by atoms with E-state index < -0.39 is 0 Å². The fourth-order valence-electron chi connectivity index (χ4n) is 2.04. The van der Waals surface area contributed by atoms with E-state index in [9.17, 15) is 10.1 Å². The summed E-state index contributed by atoms with van der Waals surface area (Å²) < 4.78 is 5.90. The van der Waals surface area contributed by atoms with Crippen LogP contribution in [-0.4, -0.2) is 12.0 Å². The van der Waals surface area contributed by atoms with Gasteiger partial charge in [-0.3, -0.25) is 10.1 Å². The van der Waals surface area contributed by atoms with Crippen LogP contribution in [0.5, 0.6) is 5.75 Å². The number of rotatable bonds is 5. The Hall–Kier alpha value is -2.08. The first kappa shape index (κ1) is 15.3. The summed E-state index contributed by atoms with van der Waals surface area (Å²) in [6.07, 6.45) is 0. The molecule has 0 radical (unpaired) electrons. The second kappa shape index (κ2) is 6.58. The van der Waals surface area contributed by atoms with E-state index in [-0.39, 0.29) is 10.6 Å². The molecule has 110 valence electrons. The number of nitro benzene ring substituents is 1. The van der Waals surface area contributed by atoms with Crippen molar-refractivity contribution in [3.63, 3.8) is 0 Å². The minimum atomic E-state index is -0.374. The molecule has 0 spiro atoms. The van der Waals surface area contributed by atoms with Gasteiger partial charge in [0.15, 0.2) is 0 Å². The zero-order valence-corrected chi connectivity index (χ0v) is 13.3. The Bertz CT molecular complexity index is 674. The topological polar surface area (TPSA) is 64.4 Å². The quantitative estimate of drug-likeness (QED) is 0.645. The predicted octanol–water partition coefficient (Wildman–Crippen LogP) is 4.29. The van der Waals surface area contributed by atoms with Gasteiger partial charge >= 0.3 is 0 Å². The van der Waals surface area contributed by atoms with Crippen molar-refractivity contribution >= 4 is 27.3 Å². The highest BCUT2D eigenvalue weighted by Gasteiger charge is 2.13. The Balaban J connectivity index is 2.16. The number of benzene rings is 2. The molecule has 2 aromatic rings. The molecule has 0 bridgehead atoms. The molecule has 0 fully saturated rings. The maximum atomic E-state index is 11.1. The number of nitrogens with one attached hydrogen (secondary N) is 1. The van der Waals surface area contributed by atoms with Gasteiger partial charge in [-0.15, -0.1) is 0 Å². The summed E-state index contributed by atoms with van der Waals surface area (Å²) in [6, 6.07) is 10.7. The van der Waals surface area contributed by atoms with Gasteiger partial charge in [0, 0.05) is 28.3 Å². The number of ether oxygens (including phenoxy) is 1. The van der Waals surface area contributed by atoms with Gasteiger partial charge in [-0.1, -0.05) is 15.9 Å². The monoisotopic (exact) mass is 350 g/mol. The lowest BCUT2D eigenvalue weighted by molar-refractivity contribution is -0.385.